The van der Waals surface area contributed by atoms with E-state index in [-0.39, 0.29) is 18.2 Å². The summed E-state index contributed by atoms with van der Waals surface area (Å²) in [7, 11) is 1.91. The molecule has 0 radical (unpaired) electrons. The van der Waals surface area contributed by atoms with Gasteiger partial charge in [0.1, 0.15) is 30.0 Å². The third-order valence-electron chi connectivity index (χ3n) is 5.05. The minimum Gasteiger partial charge on any atom is -0.351 e. The van der Waals surface area contributed by atoms with Gasteiger partial charge < -0.3 is 23.3 Å². The van der Waals surface area contributed by atoms with Gasteiger partial charge in [-0.05, 0) is 53.4 Å². The molecule has 1 fully saturated rings. The van der Waals surface area contributed by atoms with Crippen molar-refractivity contribution in [3.63, 3.8) is 0 Å². The minimum absolute atomic E-state index is 0.0129. The average Bonchev–Trinajstić information content (AvgIpc) is 3.24. The molecule has 2 aromatic heterocycles. The van der Waals surface area contributed by atoms with Crippen LogP contribution < -0.4 is 5.09 Å². The molecule has 2 aromatic rings. The molecule has 0 bridgehead atoms. The Morgan fingerprint density at radius 3 is 2.96 bits per heavy atom. The molecule has 0 spiro atoms. The number of rotatable bonds is 6. The van der Waals surface area contributed by atoms with Gasteiger partial charge in [0, 0.05) is 27.4 Å². The Morgan fingerprint density at radius 1 is 1.41 bits per heavy atom. The molecule has 1 unspecified atom stereocenters. The summed E-state index contributed by atoms with van der Waals surface area (Å²) in [6, 6.07) is 2.08. The summed E-state index contributed by atoms with van der Waals surface area (Å²) in [4.78, 5) is 8.94. The second kappa shape index (κ2) is 7.76. The highest BCUT2D eigenvalue weighted by Gasteiger charge is 2.53. The maximum absolute atomic E-state index is 6.31. The number of aromatic nitrogens is 3. The second-order valence-corrected chi connectivity index (χ2v) is 9.25. The first kappa shape index (κ1) is 19.8. The Bertz CT molecular complexity index is 890. The van der Waals surface area contributed by atoms with E-state index >= 15 is 0 Å². The monoisotopic (exact) mass is 520 g/mol. The third kappa shape index (κ3) is 3.51. The smallest absolute Gasteiger partial charge is 0.164 e. The standard InChI is InChI=1S/C17H22IN4O3PS/c1-9-11(7-23-27-18)13-14(25-17(2,3)24-13)12(9)22-6-5-10-15(21-26-4)19-8-20-16(10)22/h5-6,8,12-14,26H,7H2,1-4H3,(H,19,20,21)/t12-,13-,14+/m1/s1. The predicted octanol–water partition coefficient (Wildman–Crippen LogP) is 4.47. The maximum atomic E-state index is 6.31. The molecule has 0 aromatic carbocycles. The fourth-order valence-corrected chi connectivity index (χ4v) is 5.00. The highest BCUT2D eigenvalue weighted by Crippen LogP contribution is 2.48. The zero-order chi connectivity index (χ0) is 19.2. The second-order valence-electron chi connectivity index (χ2n) is 7.06. The quantitative estimate of drug-likeness (QED) is 0.261. The van der Waals surface area contributed by atoms with Gasteiger partial charge in [0.25, 0.3) is 0 Å². The lowest BCUT2D eigenvalue weighted by molar-refractivity contribution is -0.148. The lowest BCUT2D eigenvalue weighted by Gasteiger charge is -2.24. The number of anilines is 1. The van der Waals surface area contributed by atoms with Gasteiger partial charge in [-0.15, -0.1) is 0 Å². The molecule has 2 aliphatic rings. The van der Waals surface area contributed by atoms with Gasteiger partial charge in [-0.1, -0.05) is 0 Å². The number of nitrogens with zero attached hydrogens (tertiary/aromatic N) is 3. The summed E-state index contributed by atoms with van der Waals surface area (Å²) in [6.07, 6.45) is 3.47. The van der Waals surface area contributed by atoms with Gasteiger partial charge in [0.2, 0.25) is 0 Å². The zero-order valence-electron chi connectivity index (χ0n) is 15.5. The van der Waals surface area contributed by atoms with E-state index in [1.54, 1.807) is 6.33 Å². The van der Waals surface area contributed by atoms with Crippen molar-refractivity contribution in [2.75, 3.05) is 18.4 Å². The third-order valence-corrected chi connectivity index (χ3v) is 6.50. The molecule has 4 atom stereocenters. The lowest BCUT2D eigenvalue weighted by Crippen LogP contribution is -2.29. The molecule has 10 heteroatoms. The summed E-state index contributed by atoms with van der Waals surface area (Å²) < 4.78 is 20.4. The molecule has 1 N–H and O–H groups in total. The van der Waals surface area contributed by atoms with Crippen molar-refractivity contribution >= 4 is 56.0 Å². The molecule has 0 amide bonds. The topological polar surface area (TPSA) is 70.4 Å². The Kier molecular flexibility index (Phi) is 5.70. The van der Waals surface area contributed by atoms with Crippen LogP contribution in [0.25, 0.3) is 11.0 Å². The van der Waals surface area contributed by atoms with Crippen LogP contribution in [0.15, 0.2) is 29.7 Å². The summed E-state index contributed by atoms with van der Waals surface area (Å²) in [5, 5.41) is 4.35. The van der Waals surface area contributed by atoms with E-state index in [2.05, 4.69) is 66.7 Å². The fraction of sp³-hybridized carbons (Fsp3) is 0.529. The Hall–Kier alpha value is -0.450. The molecule has 1 saturated heterocycles. The number of nitrogens with one attached hydrogen (secondary N) is 1. The van der Waals surface area contributed by atoms with Crippen LogP contribution in [0.3, 0.4) is 0 Å². The normalized spacial score (nSPS) is 27.2. The molecule has 0 saturated carbocycles. The largest absolute Gasteiger partial charge is 0.351 e. The first-order valence-electron chi connectivity index (χ1n) is 8.66. The van der Waals surface area contributed by atoms with Crippen LogP contribution >= 0.6 is 39.2 Å². The van der Waals surface area contributed by atoms with Crippen LogP contribution in [-0.2, 0) is 13.7 Å². The first-order chi connectivity index (χ1) is 13.0. The van der Waals surface area contributed by atoms with Crippen molar-refractivity contribution in [2.24, 2.45) is 0 Å². The van der Waals surface area contributed by atoms with E-state index in [9.17, 15) is 0 Å². The van der Waals surface area contributed by atoms with Crippen molar-refractivity contribution in [1.82, 2.24) is 14.5 Å². The predicted molar refractivity (Wildman–Crippen MR) is 119 cm³/mol. The average molecular weight is 520 g/mol. The molecule has 7 nitrogen and oxygen atoms in total. The molecule has 3 heterocycles. The summed E-state index contributed by atoms with van der Waals surface area (Å²) >= 11 is 2.14. The zero-order valence-corrected chi connectivity index (χ0v) is 19.5. The van der Waals surface area contributed by atoms with Gasteiger partial charge in [-0.3, -0.25) is 0 Å². The summed E-state index contributed by atoms with van der Waals surface area (Å²) in [5.41, 5.74) is 3.27. The van der Waals surface area contributed by atoms with E-state index in [1.807, 2.05) is 13.8 Å². The van der Waals surface area contributed by atoms with Gasteiger partial charge in [0.05, 0.1) is 27.2 Å². The van der Waals surface area contributed by atoms with Crippen molar-refractivity contribution in [3.05, 3.63) is 29.7 Å². The highest BCUT2D eigenvalue weighted by molar-refractivity contribution is 14.2. The van der Waals surface area contributed by atoms with Gasteiger partial charge in [-0.2, -0.15) is 0 Å². The van der Waals surface area contributed by atoms with Crippen molar-refractivity contribution in [1.29, 1.82) is 0 Å². The summed E-state index contributed by atoms with van der Waals surface area (Å²) in [6.45, 7) is 8.67. The van der Waals surface area contributed by atoms with Gasteiger partial charge in [-0.25, -0.2) is 9.97 Å². The number of halogens is 1. The van der Waals surface area contributed by atoms with E-state index in [1.165, 1.54) is 14.8 Å². The summed E-state index contributed by atoms with van der Waals surface area (Å²) in [5.74, 6) is 0.245. The Balaban J connectivity index is 1.79. The number of hydrogen-bond donors (Lipinski definition) is 1. The van der Waals surface area contributed by atoms with Crippen LogP contribution in [-0.4, -0.2) is 45.8 Å². The maximum Gasteiger partial charge on any atom is 0.164 e. The number of ether oxygens (including phenoxy) is 2. The SMILES string of the molecule is CPNc1ncnc2c1ccn2[C@@H]1C(C)=C(COSI)[C@H]2OC(C)(C)O[C@H]21. The molecule has 1 aliphatic carbocycles. The van der Waals surface area contributed by atoms with Crippen LogP contribution in [0.5, 0.6) is 0 Å². The lowest BCUT2D eigenvalue weighted by atomic mass is 10.1. The van der Waals surface area contributed by atoms with Crippen LogP contribution in [0.4, 0.5) is 5.82 Å². The molecular weight excluding hydrogens is 498 g/mol. The number of fused-ring (bicyclic) bond motifs is 2. The van der Waals surface area contributed by atoms with E-state index < -0.39 is 5.79 Å². The van der Waals surface area contributed by atoms with Crippen LogP contribution in [0, 0.1) is 0 Å². The molecular formula is C17H22IN4O3PS. The van der Waals surface area contributed by atoms with E-state index in [0.717, 1.165) is 22.4 Å². The van der Waals surface area contributed by atoms with Crippen molar-refractivity contribution < 1.29 is 13.7 Å². The molecule has 146 valence electrons. The Labute approximate surface area is 176 Å². The van der Waals surface area contributed by atoms with Gasteiger partial charge >= 0.3 is 0 Å². The number of hydrogen-bond acceptors (Lipinski definition) is 7. The minimum atomic E-state index is -0.620. The van der Waals surface area contributed by atoms with Crippen LogP contribution in [0.2, 0.25) is 0 Å². The Morgan fingerprint density at radius 2 is 2.22 bits per heavy atom. The van der Waals surface area contributed by atoms with Gasteiger partial charge in [0.15, 0.2) is 5.79 Å². The highest BCUT2D eigenvalue weighted by atomic mass is 127. The van der Waals surface area contributed by atoms with Crippen molar-refractivity contribution in [3.8, 4) is 0 Å². The molecule has 27 heavy (non-hydrogen) atoms. The van der Waals surface area contributed by atoms with E-state index in [0.29, 0.717) is 15.3 Å². The fourth-order valence-electron chi connectivity index (χ4n) is 4.01. The first-order valence-corrected chi connectivity index (χ1v) is 13.4. The van der Waals surface area contributed by atoms with Crippen molar-refractivity contribution in [2.45, 2.75) is 44.8 Å². The van der Waals surface area contributed by atoms with E-state index in [4.69, 9.17) is 13.7 Å². The molecule has 4 rings (SSSR count). The molecule has 1 aliphatic heterocycles. The van der Waals surface area contributed by atoms with Crippen LogP contribution in [0.1, 0.15) is 26.8 Å².